The van der Waals surface area contributed by atoms with Gasteiger partial charge in [0.15, 0.2) is 0 Å². The Balaban J connectivity index is 2.19. The van der Waals surface area contributed by atoms with Crippen LogP contribution in [0.5, 0.6) is 0 Å². The quantitative estimate of drug-likeness (QED) is 0.704. The van der Waals surface area contributed by atoms with Gasteiger partial charge in [0.25, 0.3) is 0 Å². The standard InChI is InChI=1S/C14H23NO2/c1-12-5-4-6-14(11-12)13(2)15-7-8-17-10-9-16-3/h4-6,11,13,15H,7-10H2,1-3H3. The summed E-state index contributed by atoms with van der Waals surface area (Å²) in [5.74, 6) is 0. The molecule has 1 rings (SSSR count). The van der Waals surface area contributed by atoms with E-state index < -0.39 is 0 Å². The molecule has 0 aliphatic carbocycles. The summed E-state index contributed by atoms with van der Waals surface area (Å²) < 4.78 is 10.3. The molecule has 0 saturated carbocycles. The van der Waals surface area contributed by atoms with Crippen LogP contribution in [0.25, 0.3) is 0 Å². The van der Waals surface area contributed by atoms with E-state index in [2.05, 4.69) is 43.4 Å². The summed E-state index contributed by atoms with van der Waals surface area (Å²) in [6.07, 6.45) is 0. The van der Waals surface area contributed by atoms with Crippen molar-refractivity contribution < 1.29 is 9.47 Å². The summed E-state index contributed by atoms with van der Waals surface area (Å²) in [6, 6.07) is 8.93. The molecule has 0 radical (unpaired) electrons. The Labute approximate surface area is 104 Å². The molecule has 96 valence electrons. The number of benzene rings is 1. The summed E-state index contributed by atoms with van der Waals surface area (Å²) in [6.45, 7) is 7.19. The topological polar surface area (TPSA) is 30.5 Å². The molecule has 3 heteroatoms. The number of hydrogen-bond acceptors (Lipinski definition) is 3. The second kappa shape index (κ2) is 8.23. The molecule has 17 heavy (non-hydrogen) atoms. The molecule has 1 aromatic carbocycles. The van der Waals surface area contributed by atoms with E-state index in [1.165, 1.54) is 11.1 Å². The molecule has 1 unspecified atom stereocenters. The van der Waals surface area contributed by atoms with Gasteiger partial charge in [-0.05, 0) is 19.4 Å². The Kier molecular flexibility index (Phi) is 6.86. The summed E-state index contributed by atoms with van der Waals surface area (Å²) in [5.41, 5.74) is 2.62. The second-order valence-electron chi connectivity index (χ2n) is 4.20. The number of nitrogens with one attached hydrogen (secondary N) is 1. The van der Waals surface area contributed by atoms with E-state index >= 15 is 0 Å². The first kappa shape index (κ1) is 14.2. The lowest BCUT2D eigenvalue weighted by atomic mass is 10.1. The van der Waals surface area contributed by atoms with Crippen molar-refractivity contribution in [3.8, 4) is 0 Å². The van der Waals surface area contributed by atoms with Crippen LogP contribution in [0.2, 0.25) is 0 Å². The van der Waals surface area contributed by atoms with Crippen molar-refractivity contribution in [1.29, 1.82) is 0 Å². The largest absolute Gasteiger partial charge is 0.382 e. The van der Waals surface area contributed by atoms with Crippen LogP contribution in [0.15, 0.2) is 24.3 Å². The Bertz CT molecular complexity index is 315. The number of hydrogen-bond donors (Lipinski definition) is 1. The van der Waals surface area contributed by atoms with Gasteiger partial charge in [0.2, 0.25) is 0 Å². The third-order valence-electron chi connectivity index (χ3n) is 2.67. The zero-order chi connectivity index (χ0) is 12.5. The van der Waals surface area contributed by atoms with Crippen molar-refractivity contribution in [1.82, 2.24) is 5.32 Å². The molecule has 1 atom stereocenters. The van der Waals surface area contributed by atoms with Crippen molar-refractivity contribution in [2.75, 3.05) is 33.5 Å². The van der Waals surface area contributed by atoms with Gasteiger partial charge in [-0.1, -0.05) is 29.8 Å². The maximum absolute atomic E-state index is 5.40. The van der Waals surface area contributed by atoms with E-state index in [1.807, 2.05) is 0 Å². The first-order valence-electron chi connectivity index (χ1n) is 6.10. The Morgan fingerprint density at radius 1 is 1.24 bits per heavy atom. The lowest BCUT2D eigenvalue weighted by molar-refractivity contribution is 0.0712. The minimum atomic E-state index is 0.362. The van der Waals surface area contributed by atoms with E-state index in [9.17, 15) is 0 Å². The van der Waals surface area contributed by atoms with Crippen molar-refractivity contribution >= 4 is 0 Å². The van der Waals surface area contributed by atoms with Crippen molar-refractivity contribution in [2.24, 2.45) is 0 Å². The molecule has 0 saturated heterocycles. The molecule has 0 heterocycles. The fraction of sp³-hybridized carbons (Fsp3) is 0.571. The maximum Gasteiger partial charge on any atom is 0.0700 e. The number of methoxy groups -OCH3 is 1. The maximum atomic E-state index is 5.40. The monoisotopic (exact) mass is 237 g/mol. The van der Waals surface area contributed by atoms with Crippen molar-refractivity contribution in [2.45, 2.75) is 19.9 Å². The van der Waals surface area contributed by atoms with Crippen LogP contribution in [0.4, 0.5) is 0 Å². The first-order chi connectivity index (χ1) is 8.24. The van der Waals surface area contributed by atoms with Gasteiger partial charge in [0.05, 0.1) is 19.8 Å². The fourth-order valence-electron chi connectivity index (χ4n) is 1.65. The second-order valence-corrected chi connectivity index (χ2v) is 4.20. The third kappa shape index (κ3) is 5.82. The van der Waals surface area contributed by atoms with Crippen LogP contribution in [-0.2, 0) is 9.47 Å². The average Bonchev–Trinajstić information content (AvgIpc) is 2.33. The van der Waals surface area contributed by atoms with Gasteiger partial charge >= 0.3 is 0 Å². The highest BCUT2D eigenvalue weighted by atomic mass is 16.5. The summed E-state index contributed by atoms with van der Waals surface area (Å²) in [5, 5.41) is 3.44. The summed E-state index contributed by atoms with van der Waals surface area (Å²) in [4.78, 5) is 0. The lowest BCUT2D eigenvalue weighted by Crippen LogP contribution is -2.23. The first-order valence-corrected chi connectivity index (χ1v) is 6.10. The Morgan fingerprint density at radius 2 is 2.06 bits per heavy atom. The molecule has 0 fully saturated rings. The van der Waals surface area contributed by atoms with Crippen LogP contribution in [-0.4, -0.2) is 33.5 Å². The molecule has 0 aliphatic rings. The molecule has 1 N–H and O–H groups in total. The predicted octanol–water partition coefficient (Wildman–Crippen LogP) is 2.31. The third-order valence-corrected chi connectivity index (χ3v) is 2.67. The number of ether oxygens (including phenoxy) is 2. The van der Waals surface area contributed by atoms with Gasteiger partial charge in [-0.3, -0.25) is 0 Å². The van der Waals surface area contributed by atoms with Crippen molar-refractivity contribution in [3.05, 3.63) is 35.4 Å². The predicted molar refractivity (Wildman–Crippen MR) is 70.3 cm³/mol. The molecular weight excluding hydrogens is 214 g/mol. The van der Waals surface area contributed by atoms with Crippen LogP contribution < -0.4 is 5.32 Å². The highest BCUT2D eigenvalue weighted by molar-refractivity contribution is 5.24. The van der Waals surface area contributed by atoms with E-state index in [-0.39, 0.29) is 0 Å². The molecular formula is C14H23NO2. The van der Waals surface area contributed by atoms with E-state index in [4.69, 9.17) is 9.47 Å². The van der Waals surface area contributed by atoms with Gasteiger partial charge in [-0.15, -0.1) is 0 Å². The highest BCUT2D eigenvalue weighted by Crippen LogP contribution is 2.13. The van der Waals surface area contributed by atoms with Gasteiger partial charge in [0.1, 0.15) is 0 Å². The number of aryl methyl sites for hydroxylation is 1. The smallest absolute Gasteiger partial charge is 0.0700 e. The summed E-state index contributed by atoms with van der Waals surface area (Å²) in [7, 11) is 1.68. The Morgan fingerprint density at radius 3 is 2.76 bits per heavy atom. The van der Waals surface area contributed by atoms with Crippen LogP contribution in [0, 0.1) is 6.92 Å². The zero-order valence-electron chi connectivity index (χ0n) is 11.0. The van der Waals surface area contributed by atoms with Crippen molar-refractivity contribution in [3.63, 3.8) is 0 Å². The van der Waals surface area contributed by atoms with Gasteiger partial charge < -0.3 is 14.8 Å². The zero-order valence-corrected chi connectivity index (χ0v) is 11.0. The minimum absolute atomic E-state index is 0.362. The van der Waals surface area contributed by atoms with Crippen LogP contribution >= 0.6 is 0 Å². The van der Waals surface area contributed by atoms with Gasteiger partial charge in [-0.25, -0.2) is 0 Å². The molecule has 3 nitrogen and oxygen atoms in total. The molecule has 1 aromatic rings. The molecule has 0 aliphatic heterocycles. The normalized spacial score (nSPS) is 12.6. The molecule has 0 amide bonds. The highest BCUT2D eigenvalue weighted by Gasteiger charge is 2.03. The van der Waals surface area contributed by atoms with Crippen LogP contribution in [0.1, 0.15) is 24.1 Å². The van der Waals surface area contributed by atoms with Crippen LogP contribution in [0.3, 0.4) is 0 Å². The lowest BCUT2D eigenvalue weighted by Gasteiger charge is -2.14. The van der Waals surface area contributed by atoms with Gasteiger partial charge in [-0.2, -0.15) is 0 Å². The minimum Gasteiger partial charge on any atom is -0.382 e. The SMILES string of the molecule is COCCOCCNC(C)c1cccc(C)c1. The van der Waals surface area contributed by atoms with E-state index in [1.54, 1.807) is 7.11 Å². The molecule has 0 bridgehead atoms. The van der Waals surface area contributed by atoms with E-state index in [0.29, 0.717) is 19.3 Å². The molecule has 0 aromatic heterocycles. The van der Waals surface area contributed by atoms with Gasteiger partial charge in [0, 0.05) is 19.7 Å². The Hall–Kier alpha value is -0.900. The number of rotatable bonds is 8. The average molecular weight is 237 g/mol. The van der Waals surface area contributed by atoms with E-state index in [0.717, 1.165) is 13.2 Å². The summed E-state index contributed by atoms with van der Waals surface area (Å²) >= 11 is 0. The molecule has 0 spiro atoms. The fourth-order valence-corrected chi connectivity index (χ4v) is 1.65.